The highest BCUT2D eigenvalue weighted by Crippen LogP contribution is 2.58. The minimum atomic E-state index is -0.476. The van der Waals surface area contributed by atoms with Gasteiger partial charge in [0.15, 0.2) is 23.0 Å². The number of ether oxygens (including phenoxy) is 7. The molecule has 0 spiro atoms. The van der Waals surface area contributed by atoms with Crippen molar-refractivity contribution in [2.75, 3.05) is 34.7 Å². The number of nitrogens with one attached hydrogen (secondary N) is 1. The zero-order valence-corrected chi connectivity index (χ0v) is 29.1. The van der Waals surface area contributed by atoms with Crippen LogP contribution in [0.15, 0.2) is 72.9 Å². The number of hydrogen-bond donors (Lipinski definition) is 1. The lowest BCUT2D eigenvalue weighted by Crippen LogP contribution is -2.35. The summed E-state index contributed by atoms with van der Waals surface area (Å²) in [5.74, 6) is 2.21. The topological polar surface area (TPSA) is 97.5 Å². The van der Waals surface area contributed by atoms with Crippen molar-refractivity contribution in [3.8, 4) is 34.5 Å². The summed E-state index contributed by atoms with van der Waals surface area (Å²) in [5, 5.41) is 1.03. The summed E-state index contributed by atoms with van der Waals surface area (Å²) >= 11 is 0. The van der Waals surface area contributed by atoms with E-state index in [4.69, 9.17) is 33.2 Å². The maximum atomic E-state index is 13.8. The Morgan fingerprint density at radius 3 is 2.10 bits per heavy atom. The van der Waals surface area contributed by atoms with E-state index in [1.807, 2.05) is 30.3 Å². The molecular weight excluding hydrogens is 634 g/mol. The molecule has 8 rings (SSSR count). The van der Waals surface area contributed by atoms with E-state index in [0.29, 0.717) is 35.4 Å². The SMILES string of the molecule is COc1cc([C@@H]2c3cc4c(cc3[C@@H](c3c[nH]c5ccc(OCc6ccc(C(C)(C)C)cc6)cc35)[C@H]3COC(=O)[C@H]23)OCO4)cc(OC)c1OC. The summed E-state index contributed by atoms with van der Waals surface area (Å²) in [7, 11) is 4.76. The standard InChI is InChI=1S/C41H41NO8/c1-41(2,3)24-9-7-22(8-10-24)19-47-25-11-12-31-26(15-25)29(18-42-31)37-28-17-33-32(49-21-50-33)16-27(28)36(38-30(37)20-48-40(38)43)23-13-34(44-4)39(46-6)35(14-23)45-5/h7-18,30,36-38,42H,19-21H2,1-6H3/t30-,36-,37+,38+/m1/s1. The highest BCUT2D eigenvalue weighted by atomic mass is 16.7. The second kappa shape index (κ2) is 12.2. The van der Waals surface area contributed by atoms with Crippen LogP contribution in [0.2, 0.25) is 0 Å². The van der Waals surface area contributed by atoms with E-state index in [0.717, 1.165) is 44.5 Å². The number of aromatic nitrogens is 1. The Labute approximate surface area is 291 Å². The van der Waals surface area contributed by atoms with Crippen molar-refractivity contribution in [2.24, 2.45) is 11.8 Å². The maximum Gasteiger partial charge on any atom is 0.310 e. The van der Waals surface area contributed by atoms with Crippen LogP contribution in [0.3, 0.4) is 0 Å². The van der Waals surface area contributed by atoms with Crippen LogP contribution in [-0.2, 0) is 21.6 Å². The Morgan fingerprint density at radius 1 is 0.780 bits per heavy atom. The Morgan fingerprint density at radius 2 is 1.46 bits per heavy atom. The highest BCUT2D eigenvalue weighted by molar-refractivity contribution is 5.87. The number of cyclic esters (lactones) is 1. The van der Waals surface area contributed by atoms with Crippen LogP contribution in [0.5, 0.6) is 34.5 Å². The number of methoxy groups -OCH3 is 3. The second-order valence-electron chi connectivity index (χ2n) is 14.3. The zero-order chi connectivity index (χ0) is 34.7. The lowest BCUT2D eigenvalue weighted by atomic mass is 9.61. The summed E-state index contributed by atoms with van der Waals surface area (Å²) in [6.45, 7) is 7.52. The molecule has 1 aromatic heterocycles. The minimum Gasteiger partial charge on any atom is -0.493 e. The lowest BCUT2D eigenvalue weighted by Gasteiger charge is -2.39. The predicted octanol–water partition coefficient (Wildman–Crippen LogP) is 7.87. The third-order valence-corrected chi connectivity index (χ3v) is 10.5. The number of esters is 1. The van der Waals surface area contributed by atoms with Crippen molar-refractivity contribution in [1.82, 2.24) is 4.98 Å². The molecule has 0 amide bonds. The molecular formula is C41H41NO8. The van der Waals surface area contributed by atoms with E-state index in [1.165, 1.54) is 5.56 Å². The molecule has 4 atom stereocenters. The second-order valence-corrected chi connectivity index (χ2v) is 14.3. The Kier molecular flexibility index (Phi) is 7.81. The molecule has 1 fully saturated rings. The fourth-order valence-corrected chi connectivity index (χ4v) is 7.98. The van der Waals surface area contributed by atoms with Gasteiger partial charge in [0.05, 0.1) is 33.9 Å². The number of carbonyl (C=O) groups is 1. The number of hydrogen-bond acceptors (Lipinski definition) is 8. The van der Waals surface area contributed by atoms with Gasteiger partial charge >= 0.3 is 5.97 Å². The first-order valence-corrected chi connectivity index (χ1v) is 16.9. The van der Waals surface area contributed by atoms with Crippen molar-refractivity contribution in [1.29, 1.82) is 0 Å². The van der Waals surface area contributed by atoms with Gasteiger partial charge in [-0.1, -0.05) is 45.0 Å². The summed E-state index contributed by atoms with van der Waals surface area (Å²) < 4.78 is 41.1. The van der Waals surface area contributed by atoms with Gasteiger partial charge < -0.3 is 38.1 Å². The minimum absolute atomic E-state index is 0.0917. The largest absolute Gasteiger partial charge is 0.493 e. The number of rotatable bonds is 8. The molecule has 0 saturated carbocycles. The van der Waals surface area contributed by atoms with Gasteiger partial charge in [0.1, 0.15) is 12.4 Å². The monoisotopic (exact) mass is 675 g/mol. The molecule has 2 aliphatic heterocycles. The predicted molar refractivity (Wildman–Crippen MR) is 188 cm³/mol. The molecule has 1 saturated heterocycles. The third kappa shape index (κ3) is 5.27. The third-order valence-electron chi connectivity index (χ3n) is 10.5. The molecule has 0 radical (unpaired) electrons. The summed E-state index contributed by atoms with van der Waals surface area (Å²) in [4.78, 5) is 17.3. The van der Waals surface area contributed by atoms with Gasteiger partial charge in [-0.05, 0) is 81.3 Å². The van der Waals surface area contributed by atoms with Gasteiger partial charge in [-0.3, -0.25) is 4.79 Å². The number of benzene rings is 4. The van der Waals surface area contributed by atoms with Crippen LogP contribution < -0.4 is 28.4 Å². The van der Waals surface area contributed by atoms with Crippen LogP contribution in [0.4, 0.5) is 0 Å². The molecule has 50 heavy (non-hydrogen) atoms. The zero-order valence-electron chi connectivity index (χ0n) is 29.1. The quantitative estimate of drug-likeness (QED) is 0.166. The van der Waals surface area contributed by atoms with Crippen LogP contribution in [0.25, 0.3) is 10.9 Å². The summed E-state index contributed by atoms with van der Waals surface area (Å²) in [5.41, 5.74) is 7.41. The molecule has 258 valence electrons. The van der Waals surface area contributed by atoms with Crippen LogP contribution in [-0.4, -0.2) is 45.7 Å². The van der Waals surface area contributed by atoms with Crippen LogP contribution in [0.1, 0.15) is 66.0 Å². The van der Waals surface area contributed by atoms with Gasteiger partial charge in [0.2, 0.25) is 12.5 Å². The van der Waals surface area contributed by atoms with Crippen molar-refractivity contribution in [3.05, 3.63) is 106 Å². The molecule has 3 aliphatic rings. The molecule has 5 aromatic rings. The molecule has 9 nitrogen and oxygen atoms in total. The highest BCUT2D eigenvalue weighted by Gasteiger charge is 2.53. The van der Waals surface area contributed by atoms with Crippen molar-refractivity contribution in [2.45, 2.75) is 44.6 Å². The van der Waals surface area contributed by atoms with Gasteiger partial charge in [-0.25, -0.2) is 0 Å². The molecule has 0 bridgehead atoms. The van der Waals surface area contributed by atoms with E-state index < -0.39 is 5.92 Å². The van der Waals surface area contributed by atoms with Crippen molar-refractivity contribution >= 4 is 16.9 Å². The normalized spacial score (nSPS) is 20.6. The van der Waals surface area contributed by atoms with Crippen molar-refractivity contribution in [3.63, 3.8) is 0 Å². The van der Waals surface area contributed by atoms with E-state index in [2.05, 4.69) is 68.4 Å². The first kappa shape index (κ1) is 31.9. The Hall–Kier alpha value is -5.31. The number of aromatic amines is 1. The molecule has 0 unspecified atom stereocenters. The van der Waals surface area contributed by atoms with Gasteiger partial charge in [0, 0.05) is 34.9 Å². The number of H-pyrrole nitrogens is 1. The van der Waals surface area contributed by atoms with Crippen molar-refractivity contribution < 1.29 is 38.0 Å². The lowest BCUT2D eigenvalue weighted by molar-refractivity contribution is -0.141. The summed E-state index contributed by atoms with van der Waals surface area (Å²) in [6.07, 6.45) is 2.05. The Bertz CT molecular complexity index is 2070. The van der Waals surface area contributed by atoms with Gasteiger partial charge in [-0.2, -0.15) is 0 Å². The molecule has 1 aliphatic carbocycles. The molecule has 1 N–H and O–H groups in total. The Balaban J connectivity index is 1.22. The molecule has 3 heterocycles. The van der Waals surface area contributed by atoms with Gasteiger partial charge in [-0.15, -0.1) is 0 Å². The first-order chi connectivity index (χ1) is 24.2. The average molecular weight is 676 g/mol. The van der Waals surface area contributed by atoms with Crippen LogP contribution >= 0.6 is 0 Å². The fourth-order valence-electron chi connectivity index (χ4n) is 7.98. The smallest absolute Gasteiger partial charge is 0.310 e. The van der Waals surface area contributed by atoms with Crippen LogP contribution in [0, 0.1) is 11.8 Å². The van der Waals surface area contributed by atoms with E-state index in [1.54, 1.807) is 21.3 Å². The summed E-state index contributed by atoms with van der Waals surface area (Å²) in [6, 6.07) is 22.7. The maximum absolute atomic E-state index is 13.8. The fraction of sp³-hybridized carbons (Fsp3) is 0.341. The van der Waals surface area contributed by atoms with Gasteiger partial charge in [0.25, 0.3) is 0 Å². The molecule has 9 heteroatoms. The average Bonchev–Trinajstić information content (AvgIpc) is 3.86. The van der Waals surface area contributed by atoms with E-state index in [9.17, 15) is 4.79 Å². The number of carbonyl (C=O) groups excluding carboxylic acids is 1. The van der Waals surface area contributed by atoms with E-state index in [-0.39, 0.29) is 42.5 Å². The van der Waals surface area contributed by atoms with E-state index >= 15 is 0 Å². The number of fused-ring (bicyclic) bond motifs is 4. The molecule has 4 aromatic carbocycles. The first-order valence-electron chi connectivity index (χ1n) is 16.9.